The van der Waals surface area contributed by atoms with E-state index in [1.54, 1.807) is 4.90 Å². The van der Waals surface area contributed by atoms with E-state index in [-0.39, 0.29) is 23.8 Å². The summed E-state index contributed by atoms with van der Waals surface area (Å²) in [6.07, 6.45) is 2.68. The molecular weight excluding hydrogens is 314 g/mol. The van der Waals surface area contributed by atoms with E-state index in [0.29, 0.717) is 13.0 Å². The second-order valence-corrected chi connectivity index (χ2v) is 7.72. The molecule has 1 aromatic rings. The summed E-state index contributed by atoms with van der Waals surface area (Å²) in [6.45, 7) is 8.85. The molecule has 2 aliphatic heterocycles. The van der Waals surface area contributed by atoms with Gasteiger partial charge in [-0.1, -0.05) is 19.1 Å². The smallest absolute Gasteiger partial charge is 0.229 e. The zero-order chi connectivity index (χ0) is 18.0. The lowest BCUT2D eigenvalue weighted by Crippen LogP contribution is -2.34. The number of anilines is 2. The zero-order valence-electron chi connectivity index (χ0n) is 15.5. The first-order valence-electron chi connectivity index (χ1n) is 9.40. The van der Waals surface area contributed by atoms with Crippen LogP contribution in [0, 0.1) is 11.8 Å². The fourth-order valence-corrected chi connectivity index (χ4v) is 3.75. The fraction of sp³-hybridized carbons (Fsp3) is 0.600. The largest absolute Gasteiger partial charge is 0.370 e. The number of carbonyl (C=O) groups is 2. The molecule has 0 unspecified atom stereocenters. The molecule has 2 fully saturated rings. The quantitative estimate of drug-likeness (QED) is 0.914. The van der Waals surface area contributed by atoms with Crippen molar-refractivity contribution in [1.29, 1.82) is 0 Å². The molecule has 2 aliphatic rings. The van der Waals surface area contributed by atoms with Crippen LogP contribution in [0.25, 0.3) is 0 Å². The number of amides is 2. The molecule has 0 spiro atoms. The van der Waals surface area contributed by atoms with Crippen molar-refractivity contribution in [3.05, 3.63) is 24.3 Å². The first-order chi connectivity index (χ1) is 12.0. The van der Waals surface area contributed by atoms with Crippen molar-refractivity contribution in [2.75, 3.05) is 29.9 Å². The Labute approximate surface area is 150 Å². The summed E-state index contributed by atoms with van der Waals surface area (Å²) in [6, 6.07) is 8.15. The number of benzene rings is 1. The van der Waals surface area contributed by atoms with Crippen LogP contribution in [-0.4, -0.2) is 42.4 Å². The molecule has 0 aliphatic carbocycles. The van der Waals surface area contributed by atoms with Gasteiger partial charge in [-0.15, -0.1) is 0 Å². The lowest BCUT2D eigenvalue weighted by molar-refractivity contribution is -0.129. The molecule has 136 valence electrons. The van der Waals surface area contributed by atoms with Crippen LogP contribution >= 0.6 is 0 Å². The van der Waals surface area contributed by atoms with Crippen molar-refractivity contribution in [2.45, 2.75) is 46.1 Å². The minimum absolute atomic E-state index is 0.0469. The van der Waals surface area contributed by atoms with Gasteiger partial charge in [-0.3, -0.25) is 9.59 Å². The first kappa shape index (κ1) is 17.8. The van der Waals surface area contributed by atoms with E-state index in [0.717, 1.165) is 30.4 Å². The normalized spacial score (nSPS) is 21.9. The van der Waals surface area contributed by atoms with E-state index in [1.807, 2.05) is 32.0 Å². The summed E-state index contributed by atoms with van der Waals surface area (Å²) < 4.78 is 0. The summed E-state index contributed by atoms with van der Waals surface area (Å²) in [4.78, 5) is 28.9. The van der Waals surface area contributed by atoms with Crippen molar-refractivity contribution in [3.8, 4) is 0 Å². The Balaban J connectivity index is 1.69. The van der Waals surface area contributed by atoms with Gasteiger partial charge in [0.25, 0.3) is 0 Å². The predicted molar refractivity (Wildman–Crippen MR) is 101 cm³/mol. The van der Waals surface area contributed by atoms with Crippen LogP contribution in [0.4, 0.5) is 11.4 Å². The van der Waals surface area contributed by atoms with E-state index < -0.39 is 0 Å². The van der Waals surface area contributed by atoms with Crippen LogP contribution in [-0.2, 0) is 9.59 Å². The van der Waals surface area contributed by atoms with Gasteiger partial charge in [0, 0.05) is 32.1 Å². The molecule has 3 rings (SSSR count). The van der Waals surface area contributed by atoms with Crippen LogP contribution < -0.4 is 10.2 Å². The fourth-order valence-electron chi connectivity index (χ4n) is 3.75. The second kappa shape index (κ2) is 7.46. The van der Waals surface area contributed by atoms with Crippen molar-refractivity contribution in [1.82, 2.24) is 4.90 Å². The highest BCUT2D eigenvalue weighted by molar-refractivity contribution is 5.99. The second-order valence-electron chi connectivity index (χ2n) is 7.72. The predicted octanol–water partition coefficient (Wildman–Crippen LogP) is 3.12. The van der Waals surface area contributed by atoms with Crippen molar-refractivity contribution >= 4 is 23.2 Å². The Morgan fingerprint density at radius 3 is 2.52 bits per heavy atom. The molecule has 0 bridgehead atoms. The number of hydrogen-bond acceptors (Lipinski definition) is 3. The highest BCUT2D eigenvalue weighted by atomic mass is 16.2. The lowest BCUT2D eigenvalue weighted by atomic mass is 9.98. The maximum absolute atomic E-state index is 12.7. The number of likely N-dealkylation sites (tertiary alicyclic amines) is 1. The van der Waals surface area contributed by atoms with Crippen molar-refractivity contribution in [2.24, 2.45) is 11.8 Å². The number of rotatable bonds is 4. The average molecular weight is 343 g/mol. The van der Waals surface area contributed by atoms with Gasteiger partial charge >= 0.3 is 0 Å². The molecule has 0 saturated carbocycles. The molecule has 1 atom stereocenters. The van der Waals surface area contributed by atoms with Gasteiger partial charge < -0.3 is 15.1 Å². The number of piperidine rings is 1. The van der Waals surface area contributed by atoms with E-state index in [4.69, 9.17) is 0 Å². The standard InChI is InChI=1S/C20H29N3O2/c1-14(2)23-13-16(12-19(23)24)20(25)21-17-6-4-5-7-18(17)22-10-8-15(3)9-11-22/h4-7,14-16H,8-13H2,1-3H3,(H,21,25)/t16-/m0/s1. The third-order valence-electron chi connectivity index (χ3n) is 5.44. The number of nitrogens with zero attached hydrogens (tertiary/aromatic N) is 2. The van der Waals surface area contributed by atoms with Crippen LogP contribution in [0.5, 0.6) is 0 Å². The number of hydrogen-bond donors (Lipinski definition) is 1. The minimum Gasteiger partial charge on any atom is -0.370 e. The Kier molecular flexibility index (Phi) is 5.30. The van der Waals surface area contributed by atoms with Crippen LogP contribution in [0.1, 0.15) is 40.0 Å². The Hall–Kier alpha value is -2.04. The first-order valence-corrected chi connectivity index (χ1v) is 9.40. The molecule has 1 N–H and O–H groups in total. The van der Waals surface area contributed by atoms with E-state index in [9.17, 15) is 9.59 Å². The van der Waals surface area contributed by atoms with E-state index in [2.05, 4.69) is 23.2 Å². The van der Waals surface area contributed by atoms with Gasteiger partial charge in [-0.2, -0.15) is 0 Å². The molecule has 5 heteroatoms. The molecule has 2 heterocycles. The van der Waals surface area contributed by atoms with E-state index in [1.165, 1.54) is 12.8 Å². The van der Waals surface area contributed by atoms with Gasteiger partial charge in [0.2, 0.25) is 11.8 Å². The lowest BCUT2D eigenvalue weighted by Gasteiger charge is -2.33. The van der Waals surface area contributed by atoms with Crippen molar-refractivity contribution in [3.63, 3.8) is 0 Å². The molecule has 5 nitrogen and oxygen atoms in total. The summed E-state index contributed by atoms with van der Waals surface area (Å²) in [5.74, 6) is 0.539. The number of carbonyl (C=O) groups excluding carboxylic acids is 2. The highest BCUT2D eigenvalue weighted by Crippen LogP contribution is 2.31. The third kappa shape index (κ3) is 3.97. The van der Waals surface area contributed by atoms with Crippen LogP contribution in [0.3, 0.4) is 0 Å². The topological polar surface area (TPSA) is 52.7 Å². The summed E-state index contributed by atoms with van der Waals surface area (Å²) in [5.41, 5.74) is 1.95. The zero-order valence-corrected chi connectivity index (χ0v) is 15.5. The maximum atomic E-state index is 12.7. The van der Waals surface area contributed by atoms with Gasteiger partial charge in [-0.25, -0.2) is 0 Å². The van der Waals surface area contributed by atoms with Gasteiger partial charge in [0.05, 0.1) is 17.3 Å². The van der Waals surface area contributed by atoms with Crippen LogP contribution in [0.15, 0.2) is 24.3 Å². The van der Waals surface area contributed by atoms with Gasteiger partial charge in [0.15, 0.2) is 0 Å². The highest BCUT2D eigenvalue weighted by Gasteiger charge is 2.35. The molecule has 2 amide bonds. The Morgan fingerprint density at radius 2 is 1.88 bits per heavy atom. The average Bonchev–Trinajstić information content (AvgIpc) is 2.98. The minimum atomic E-state index is -0.260. The molecular formula is C20H29N3O2. The van der Waals surface area contributed by atoms with Gasteiger partial charge in [0.1, 0.15) is 0 Å². The van der Waals surface area contributed by atoms with Gasteiger partial charge in [-0.05, 0) is 44.7 Å². The Morgan fingerprint density at radius 1 is 1.20 bits per heavy atom. The number of para-hydroxylation sites is 2. The summed E-state index contributed by atoms with van der Waals surface area (Å²) in [7, 11) is 0. The molecule has 25 heavy (non-hydrogen) atoms. The molecule has 0 radical (unpaired) electrons. The molecule has 2 saturated heterocycles. The molecule has 1 aromatic carbocycles. The summed E-state index contributed by atoms with van der Waals surface area (Å²) >= 11 is 0. The molecule has 0 aromatic heterocycles. The van der Waals surface area contributed by atoms with Crippen molar-refractivity contribution < 1.29 is 9.59 Å². The van der Waals surface area contributed by atoms with Crippen LogP contribution in [0.2, 0.25) is 0 Å². The summed E-state index contributed by atoms with van der Waals surface area (Å²) in [5, 5.41) is 3.08. The Bertz CT molecular complexity index is 636. The maximum Gasteiger partial charge on any atom is 0.229 e. The van der Waals surface area contributed by atoms with E-state index >= 15 is 0 Å². The third-order valence-corrected chi connectivity index (χ3v) is 5.44. The monoisotopic (exact) mass is 343 g/mol. The number of nitrogens with one attached hydrogen (secondary N) is 1. The SMILES string of the molecule is CC1CCN(c2ccccc2NC(=O)[C@H]2CC(=O)N(C(C)C)C2)CC1.